The predicted octanol–water partition coefficient (Wildman–Crippen LogP) is 2.95. The van der Waals surface area contributed by atoms with Gasteiger partial charge < -0.3 is 25.0 Å². The van der Waals surface area contributed by atoms with Crippen LogP contribution in [0.25, 0.3) is 0 Å². The van der Waals surface area contributed by atoms with Crippen LogP contribution in [0.2, 0.25) is 0 Å². The first kappa shape index (κ1) is 24.3. The lowest BCUT2D eigenvalue weighted by atomic mass is 10.1. The van der Waals surface area contributed by atoms with Crippen LogP contribution in [-0.4, -0.2) is 63.4 Å². The Kier molecular flexibility index (Phi) is 11.0. The molecular weight excluding hydrogens is 471 g/mol. The number of carbonyl (C=O) groups is 1. The number of methoxy groups -OCH3 is 2. The molecule has 1 amide bonds. The number of likely N-dealkylation sites (tertiary alicyclic amines) is 1. The van der Waals surface area contributed by atoms with Gasteiger partial charge in [-0.25, -0.2) is 4.79 Å². The Morgan fingerprint density at radius 3 is 2.61 bits per heavy atom. The lowest BCUT2D eigenvalue weighted by Crippen LogP contribution is -2.49. The molecule has 7 nitrogen and oxygen atoms in total. The summed E-state index contributed by atoms with van der Waals surface area (Å²) >= 11 is 0. The number of benzene rings is 1. The molecule has 0 spiro atoms. The zero-order valence-corrected chi connectivity index (χ0v) is 19.6. The Bertz CT molecular complexity index is 646. The summed E-state index contributed by atoms with van der Waals surface area (Å²) < 4.78 is 10.2. The van der Waals surface area contributed by atoms with Crippen LogP contribution in [0, 0.1) is 6.92 Å². The van der Waals surface area contributed by atoms with Gasteiger partial charge in [0, 0.05) is 32.2 Å². The van der Waals surface area contributed by atoms with E-state index in [9.17, 15) is 4.79 Å². The number of piperidine rings is 1. The molecule has 1 aromatic carbocycles. The molecule has 0 atom stereocenters. The maximum atomic E-state index is 11.6. The van der Waals surface area contributed by atoms with E-state index in [1.165, 1.54) is 12.7 Å². The van der Waals surface area contributed by atoms with E-state index in [0.29, 0.717) is 25.7 Å². The van der Waals surface area contributed by atoms with Crippen LogP contribution < -0.4 is 15.4 Å². The fourth-order valence-corrected chi connectivity index (χ4v) is 3.17. The molecule has 2 N–H and O–H groups in total. The molecule has 1 fully saturated rings. The number of hydrogen-bond acceptors (Lipinski definition) is 4. The highest BCUT2D eigenvalue weighted by Gasteiger charge is 2.23. The van der Waals surface area contributed by atoms with Crippen LogP contribution >= 0.6 is 24.0 Å². The fourth-order valence-electron chi connectivity index (χ4n) is 3.17. The first-order chi connectivity index (χ1) is 13.1. The largest absolute Gasteiger partial charge is 0.496 e. The van der Waals surface area contributed by atoms with Gasteiger partial charge in [0.05, 0.1) is 14.2 Å². The summed E-state index contributed by atoms with van der Waals surface area (Å²) in [6.07, 6.45) is 2.37. The molecule has 1 aromatic rings. The standard InChI is InChI=1S/C20H32N4O3.HI/c1-5-21-19(23-17-9-12-24(13-10-17)20(25)27-4)22-11-8-16-7-6-15(2)18(14-16)26-3;/h6-7,14,17H,5,8-13H2,1-4H3,(H2,21,22,23);1H. The molecule has 158 valence electrons. The number of guanidine groups is 1. The minimum absolute atomic E-state index is 0. The molecule has 0 aromatic heterocycles. The molecule has 2 rings (SSSR count). The van der Waals surface area contributed by atoms with Gasteiger partial charge in [-0.1, -0.05) is 12.1 Å². The number of nitrogens with one attached hydrogen (secondary N) is 2. The van der Waals surface area contributed by atoms with Crippen LogP contribution in [0.5, 0.6) is 5.75 Å². The number of carbonyl (C=O) groups excluding carboxylic acids is 1. The predicted molar refractivity (Wildman–Crippen MR) is 123 cm³/mol. The van der Waals surface area contributed by atoms with Crippen LogP contribution in [0.4, 0.5) is 4.79 Å². The van der Waals surface area contributed by atoms with Crippen molar-refractivity contribution in [1.29, 1.82) is 0 Å². The van der Waals surface area contributed by atoms with Crippen molar-refractivity contribution in [3.8, 4) is 5.75 Å². The van der Waals surface area contributed by atoms with E-state index in [4.69, 9.17) is 14.5 Å². The fraction of sp³-hybridized carbons (Fsp3) is 0.600. The zero-order chi connectivity index (χ0) is 19.6. The van der Waals surface area contributed by atoms with Gasteiger partial charge in [-0.05, 0) is 50.3 Å². The molecule has 8 heteroatoms. The van der Waals surface area contributed by atoms with E-state index in [-0.39, 0.29) is 30.1 Å². The van der Waals surface area contributed by atoms with Crippen molar-refractivity contribution < 1.29 is 14.3 Å². The van der Waals surface area contributed by atoms with Gasteiger partial charge >= 0.3 is 6.09 Å². The SMILES string of the molecule is CCNC(=NCCc1ccc(C)c(OC)c1)NC1CCN(C(=O)OC)CC1.I. The van der Waals surface area contributed by atoms with E-state index < -0.39 is 0 Å². The quantitative estimate of drug-likeness (QED) is 0.354. The van der Waals surface area contributed by atoms with Crippen molar-refractivity contribution in [2.45, 2.75) is 39.2 Å². The van der Waals surface area contributed by atoms with Gasteiger partial charge in [0.2, 0.25) is 0 Å². The summed E-state index contributed by atoms with van der Waals surface area (Å²) in [6.45, 7) is 7.01. The minimum Gasteiger partial charge on any atom is -0.496 e. The zero-order valence-electron chi connectivity index (χ0n) is 17.3. The summed E-state index contributed by atoms with van der Waals surface area (Å²) in [4.78, 5) is 18.0. The van der Waals surface area contributed by atoms with Crippen LogP contribution in [0.15, 0.2) is 23.2 Å². The number of nitrogens with zero attached hydrogens (tertiary/aromatic N) is 2. The van der Waals surface area contributed by atoms with Crippen LogP contribution in [-0.2, 0) is 11.2 Å². The van der Waals surface area contributed by atoms with Crippen molar-refractivity contribution in [3.63, 3.8) is 0 Å². The van der Waals surface area contributed by atoms with Gasteiger partial charge in [-0.2, -0.15) is 0 Å². The number of aryl methyl sites for hydroxylation is 1. The second-order valence-corrected chi connectivity index (χ2v) is 6.69. The third-order valence-electron chi connectivity index (χ3n) is 4.76. The van der Waals surface area contributed by atoms with Crippen molar-refractivity contribution in [3.05, 3.63) is 29.3 Å². The first-order valence-electron chi connectivity index (χ1n) is 9.58. The van der Waals surface area contributed by atoms with Gasteiger partial charge in [-0.15, -0.1) is 24.0 Å². The summed E-state index contributed by atoms with van der Waals surface area (Å²) in [6, 6.07) is 6.59. The molecule has 28 heavy (non-hydrogen) atoms. The average molecular weight is 504 g/mol. The van der Waals surface area contributed by atoms with Gasteiger partial charge in [0.25, 0.3) is 0 Å². The minimum atomic E-state index is -0.248. The lowest BCUT2D eigenvalue weighted by Gasteiger charge is -2.32. The van der Waals surface area contributed by atoms with Crippen molar-refractivity contribution in [2.75, 3.05) is 40.4 Å². The molecule has 0 bridgehead atoms. The third kappa shape index (κ3) is 7.37. The molecule has 0 unspecified atom stereocenters. The Labute approximate surface area is 185 Å². The number of aliphatic imine (C=N–C) groups is 1. The molecule has 0 aliphatic carbocycles. The summed E-state index contributed by atoms with van der Waals surface area (Å²) in [5, 5.41) is 6.79. The molecule has 0 radical (unpaired) electrons. The monoisotopic (exact) mass is 504 g/mol. The maximum Gasteiger partial charge on any atom is 0.409 e. The van der Waals surface area contributed by atoms with E-state index >= 15 is 0 Å². The van der Waals surface area contributed by atoms with Gasteiger partial charge in [-0.3, -0.25) is 4.99 Å². The molecule has 0 saturated carbocycles. The average Bonchev–Trinajstić information content (AvgIpc) is 2.69. The van der Waals surface area contributed by atoms with E-state index in [0.717, 1.165) is 43.1 Å². The highest BCUT2D eigenvalue weighted by molar-refractivity contribution is 14.0. The van der Waals surface area contributed by atoms with E-state index in [1.54, 1.807) is 12.0 Å². The molecular formula is C20H33IN4O3. The van der Waals surface area contributed by atoms with Gasteiger partial charge in [0.15, 0.2) is 5.96 Å². The van der Waals surface area contributed by atoms with Gasteiger partial charge in [0.1, 0.15) is 5.75 Å². The van der Waals surface area contributed by atoms with E-state index in [2.05, 4.69) is 35.8 Å². The van der Waals surface area contributed by atoms with Crippen LogP contribution in [0.3, 0.4) is 0 Å². The normalized spacial score (nSPS) is 14.9. The number of halogens is 1. The highest BCUT2D eigenvalue weighted by atomic mass is 127. The summed E-state index contributed by atoms with van der Waals surface area (Å²) in [5.41, 5.74) is 2.35. The Hall–Kier alpha value is -1.71. The molecule has 1 aliphatic rings. The Morgan fingerprint density at radius 1 is 1.29 bits per heavy atom. The van der Waals surface area contributed by atoms with Crippen LogP contribution in [0.1, 0.15) is 30.9 Å². The third-order valence-corrected chi connectivity index (χ3v) is 4.76. The topological polar surface area (TPSA) is 75.2 Å². The maximum absolute atomic E-state index is 11.6. The second-order valence-electron chi connectivity index (χ2n) is 6.69. The highest BCUT2D eigenvalue weighted by Crippen LogP contribution is 2.19. The molecule has 1 saturated heterocycles. The van der Waals surface area contributed by atoms with Crippen molar-refractivity contribution in [1.82, 2.24) is 15.5 Å². The van der Waals surface area contributed by atoms with Crippen molar-refractivity contribution in [2.24, 2.45) is 4.99 Å². The first-order valence-corrected chi connectivity index (χ1v) is 9.58. The summed E-state index contributed by atoms with van der Waals surface area (Å²) in [7, 11) is 3.12. The second kappa shape index (κ2) is 12.7. The number of hydrogen-bond donors (Lipinski definition) is 2. The van der Waals surface area contributed by atoms with E-state index in [1.807, 2.05) is 6.92 Å². The number of amides is 1. The van der Waals surface area contributed by atoms with Crippen molar-refractivity contribution >= 4 is 36.0 Å². The molecule has 1 heterocycles. The lowest BCUT2D eigenvalue weighted by molar-refractivity contribution is 0.111. The molecule has 1 aliphatic heterocycles. The summed E-state index contributed by atoms with van der Waals surface area (Å²) in [5.74, 6) is 1.74. The Balaban J connectivity index is 0.00000392. The number of ether oxygens (including phenoxy) is 2. The Morgan fingerprint density at radius 2 is 2.00 bits per heavy atom. The smallest absolute Gasteiger partial charge is 0.409 e. The number of rotatable bonds is 6.